The maximum Gasteiger partial charge on any atom is 0.419 e. The zero-order chi connectivity index (χ0) is 28.6. The van der Waals surface area contributed by atoms with Crippen LogP contribution in [-0.2, 0) is 12.6 Å². The molecule has 11 heteroatoms. The Kier molecular flexibility index (Phi) is 7.29. The number of fused-ring (bicyclic) bond motifs is 1. The van der Waals surface area contributed by atoms with E-state index >= 15 is 0 Å². The van der Waals surface area contributed by atoms with Crippen molar-refractivity contribution >= 4 is 22.6 Å². The van der Waals surface area contributed by atoms with Crippen molar-refractivity contribution in [3.8, 4) is 11.8 Å². The Labute approximate surface area is 228 Å². The fourth-order valence-electron chi connectivity index (χ4n) is 4.86. The fourth-order valence-corrected chi connectivity index (χ4v) is 4.86. The van der Waals surface area contributed by atoms with E-state index in [2.05, 4.69) is 33.8 Å². The molecule has 2 aromatic heterocycles. The second kappa shape index (κ2) is 10.7. The van der Waals surface area contributed by atoms with Gasteiger partial charge in [-0.2, -0.15) is 18.3 Å². The molecule has 1 saturated heterocycles. The third-order valence-corrected chi connectivity index (χ3v) is 7.14. The van der Waals surface area contributed by atoms with Gasteiger partial charge in [-0.15, -0.1) is 0 Å². The maximum absolute atomic E-state index is 14.5. The van der Waals surface area contributed by atoms with Crippen molar-refractivity contribution in [3.63, 3.8) is 0 Å². The molecule has 0 radical (unpaired) electrons. The normalized spacial score (nSPS) is 14.8. The second-order valence-electron chi connectivity index (χ2n) is 9.95. The van der Waals surface area contributed by atoms with E-state index in [9.17, 15) is 22.4 Å². The molecule has 0 saturated carbocycles. The van der Waals surface area contributed by atoms with Crippen molar-refractivity contribution in [3.05, 3.63) is 82.1 Å². The third kappa shape index (κ3) is 5.40. The van der Waals surface area contributed by atoms with Gasteiger partial charge in [0.15, 0.2) is 11.4 Å². The van der Waals surface area contributed by atoms with Gasteiger partial charge in [0.2, 0.25) is 0 Å². The molecule has 0 aliphatic carbocycles. The number of piperidine rings is 1. The summed E-state index contributed by atoms with van der Waals surface area (Å²) in [5.74, 6) is 4.10. The van der Waals surface area contributed by atoms with Crippen molar-refractivity contribution in [2.24, 2.45) is 0 Å². The smallest absolute Gasteiger partial charge is 0.383 e. The minimum absolute atomic E-state index is 0.149. The molecular formula is C29H26F4N6O. The molecule has 1 aliphatic heterocycles. The lowest BCUT2D eigenvalue weighted by Crippen LogP contribution is -2.32. The number of rotatable bonds is 4. The molecular weight excluding hydrogens is 524 g/mol. The van der Waals surface area contributed by atoms with Crippen LogP contribution in [0.3, 0.4) is 0 Å². The van der Waals surface area contributed by atoms with Gasteiger partial charge in [0, 0.05) is 12.0 Å². The number of Topliss-reactive ketones (excluding diaryl/α,β-unsaturated/α-hetero) is 1. The van der Waals surface area contributed by atoms with Gasteiger partial charge >= 0.3 is 6.18 Å². The van der Waals surface area contributed by atoms with Gasteiger partial charge in [0.1, 0.15) is 23.7 Å². The number of ketones is 1. The van der Waals surface area contributed by atoms with Gasteiger partial charge in [-0.1, -0.05) is 24.1 Å². The number of aromatic nitrogens is 4. The summed E-state index contributed by atoms with van der Waals surface area (Å²) in [6.07, 6.45) is -1.97. The van der Waals surface area contributed by atoms with Crippen LogP contribution in [0.4, 0.5) is 23.4 Å². The van der Waals surface area contributed by atoms with Gasteiger partial charge < -0.3 is 10.6 Å². The van der Waals surface area contributed by atoms with Crippen molar-refractivity contribution in [1.82, 2.24) is 24.6 Å². The molecule has 0 spiro atoms. The summed E-state index contributed by atoms with van der Waals surface area (Å²) in [6, 6.07) is 7.93. The Balaban J connectivity index is 1.45. The van der Waals surface area contributed by atoms with Crippen LogP contribution in [0.1, 0.15) is 57.2 Å². The number of nitrogen functional groups attached to an aromatic ring is 1. The van der Waals surface area contributed by atoms with E-state index in [1.54, 1.807) is 18.2 Å². The number of aryl methyl sites for hydroxylation is 1. The van der Waals surface area contributed by atoms with Crippen LogP contribution in [0.5, 0.6) is 0 Å². The molecule has 0 unspecified atom stereocenters. The average molecular weight is 551 g/mol. The number of halogens is 4. The van der Waals surface area contributed by atoms with Crippen molar-refractivity contribution < 1.29 is 22.4 Å². The second-order valence-corrected chi connectivity index (χ2v) is 9.95. The van der Waals surface area contributed by atoms with Gasteiger partial charge in [0.05, 0.1) is 22.6 Å². The van der Waals surface area contributed by atoms with E-state index in [1.807, 2.05) is 11.6 Å². The van der Waals surface area contributed by atoms with Crippen LogP contribution >= 0.6 is 0 Å². The molecule has 2 aromatic carbocycles. The van der Waals surface area contributed by atoms with E-state index < -0.39 is 28.9 Å². The summed E-state index contributed by atoms with van der Waals surface area (Å²) in [5.41, 5.74) is 7.05. The number of anilines is 1. The Morgan fingerprint density at radius 3 is 2.60 bits per heavy atom. The Hall–Kier alpha value is -4.30. The summed E-state index contributed by atoms with van der Waals surface area (Å²) < 4.78 is 55.7. The fraction of sp³-hybridized carbons (Fsp3) is 0.310. The number of nitrogens with two attached hydrogens (primary N) is 1. The summed E-state index contributed by atoms with van der Waals surface area (Å²) >= 11 is 0. The topological polar surface area (TPSA) is 89.9 Å². The Bertz CT molecular complexity index is 1660. The van der Waals surface area contributed by atoms with Crippen molar-refractivity contribution in [1.29, 1.82) is 0 Å². The zero-order valence-electron chi connectivity index (χ0n) is 21.9. The molecule has 0 amide bonds. The van der Waals surface area contributed by atoms with Crippen LogP contribution in [0.25, 0.3) is 11.0 Å². The number of likely N-dealkylation sites (tertiary alicyclic amines) is 1. The lowest BCUT2D eigenvalue weighted by molar-refractivity contribution is -0.140. The molecule has 1 aliphatic rings. The van der Waals surface area contributed by atoms with Crippen molar-refractivity contribution in [2.45, 2.75) is 38.4 Å². The Morgan fingerprint density at radius 1 is 1.12 bits per heavy atom. The van der Waals surface area contributed by atoms with Crippen LogP contribution in [0, 0.1) is 24.6 Å². The lowest BCUT2D eigenvalue weighted by atomic mass is 9.97. The lowest BCUT2D eigenvalue weighted by Gasteiger charge is -2.29. The number of carbonyl (C=O) groups excluding carboxylic acids is 1. The third-order valence-electron chi connectivity index (χ3n) is 7.14. The Morgan fingerprint density at radius 2 is 1.88 bits per heavy atom. The van der Waals surface area contributed by atoms with E-state index in [0.29, 0.717) is 33.9 Å². The minimum atomic E-state index is -4.90. The molecule has 4 aromatic rings. The summed E-state index contributed by atoms with van der Waals surface area (Å²) in [5, 5.41) is 5.31. The van der Waals surface area contributed by atoms with Crippen LogP contribution in [-0.4, -0.2) is 50.6 Å². The first-order valence-corrected chi connectivity index (χ1v) is 12.7. The van der Waals surface area contributed by atoms with Crippen molar-refractivity contribution in [2.75, 3.05) is 25.9 Å². The molecule has 206 valence electrons. The highest BCUT2D eigenvalue weighted by atomic mass is 19.4. The highest BCUT2D eigenvalue weighted by Crippen LogP contribution is 2.33. The van der Waals surface area contributed by atoms with E-state index in [-0.39, 0.29) is 18.3 Å². The quantitative estimate of drug-likeness (QED) is 0.219. The van der Waals surface area contributed by atoms with E-state index in [4.69, 9.17) is 10.8 Å². The summed E-state index contributed by atoms with van der Waals surface area (Å²) in [4.78, 5) is 23.6. The molecule has 0 atom stereocenters. The first-order valence-electron chi connectivity index (χ1n) is 12.7. The number of hydrogen-bond donors (Lipinski definition) is 1. The minimum Gasteiger partial charge on any atom is -0.383 e. The first-order chi connectivity index (χ1) is 19.0. The predicted octanol–water partition coefficient (Wildman–Crippen LogP) is 4.97. The highest BCUT2D eigenvalue weighted by Gasteiger charge is 2.35. The average Bonchev–Trinajstić information content (AvgIpc) is 3.28. The predicted molar refractivity (Wildman–Crippen MR) is 142 cm³/mol. The number of hydrogen-bond acceptors (Lipinski definition) is 6. The molecule has 5 rings (SSSR count). The van der Waals surface area contributed by atoms with E-state index in [0.717, 1.165) is 43.6 Å². The van der Waals surface area contributed by atoms with E-state index in [1.165, 1.54) is 6.33 Å². The SMILES string of the molecule is Cc1ccc(CC(=O)c2cccc(C(F)(F)F)c2F)cc1C#Cc1nn(C2CCN(C)CC2)c2ncnc(N)c12. The van der Waals surface area contributed by atoms with Crippen LogP contribution < -0.4 is 5.73 Å². The monoisotopic (exact) mass is 550 g/mol. The molecule has 7 nitrogen and oxygen atoms in total. The largest absolute Gasteiger partial charge is 0.419 e. The highest BCUT2D eigenvalue weighted by molar-refractivity contribution is 5.98. The van der Waals surface area contributed by atoms with Gasteiger partial charge in [-0.05, 0) is 75.1 Å². The summed E-state index contributed by atoms with van der Waals surface area (Å²) in [6.45, 7) is 3.71. The number of benzene rings is 2. The maximum atomic E-state index is 14.5. The van der Waals surface area contributed by atoms with Gasteiger partial charge in [-0.3, -0.25) is 4.79 Å². The first kappa shape index (κ1) is 27.3. The van der Waals surface area contributed by atoms with Gasteiger partial charge in [-0.25, -0.2) is 19.0 Å². The number of nitrogens with zero attached hydrogens (tertiary/aromatic N) is 5. The molecule has 2 N–H and O–H groups in total. The number of alkyl halides is 3. The molecule has 3 heterocycles. The zero-order valence-corrected chi connectivity index (χ0v) is 21.9. The van der Waals surface area contributed by atoms with Crippen LogP contribution in [0.2, 0.25) is 0 Å². The molecule has 0 bridgehead atoms. The standard InChI is InChI=1S/C29H26F4N6O/c1-17-6-7-18(15-24(40)21-4-3-5-22(26(21)30)29(31,32)33)14-19(17)8-9-23-25-27(34)35-16-36-28(25)39(37-23)20-10-12-38(2)13-11-20/h3-7,14,16,20H,10-13,15H2,1-2H3,(H2,34,35,36). The summed E-state index contributed by atoms with van der Waals surface area (Å²) in [7, 11) is 2.08. The molecule has 40 heavy (non-hydrogen) atoms. The molecule has 1 fully saturated rings. The number of carbonyl (C=O) groups is 1. The van der Waals surface area contributed by atoms with Gasteiger partial charge in [0.25, 0.3) is 0 Å². The van der Waals surface area contributed by atoms with Crippen LogP contribution in [0.15, 0.2) is 42.7 Å².